The Kier molecular flexibility index (Phi) is 5.64. The van der Waals surface area contributed by atoms with Gasteiger partial charge in [-0.25, -0.2) is 14.5 Å². The van der Waals surface area contributed by atoms with Gasteiger partial charge >= 0.3 is 12.1 Å². The van der Waals surface area contributed by atoms with Crippen molar-refractivity contribution in [2.45, 2.75) is 26.3 Å². The first-order valence-electron chi connectivity index (χ1n) is 9.20. The number of carboxylic acids is 1. The first-order chi connectivity index (χ1) is 13.3. The number of nitrogens with zero attached hydrogens (tertiary/aromatic N) is 3. The van der Waals surface area contributed by atoms with Crippen molar-refractivity contribution in [1.82, 2.24) is 9.80 Å². The minimum atomic E-state index is -1.12. The molecule has 0 spiro atoms. The van der Waals surface area contributed by atoms with Crippen LogP contribution in [0.25, 0.3) is 0 Å². The Labute approximate surface area is 162 Å². The SMILES string of the molecule is CCOC(=O)N1CCN([C@H]2CC(=O)N(c3cc(C(=O)O)ccc3C)C2=O)CC1. The molecule has 150 valence electrons. The predicted octanol–water partition coefficient (Wildman–Crippen LogP) is 1.10. The molecule has 2 fully saturated rings. The van der Waals surface area contributed by atoms with Gasteiger partial charge in [0, 0.05) is 26.2 Å². The zero-order valence-corrected chi connectivity index (χ0v) is 15.9. The zero-order chi connectivity index (χ0) is 20.4. The van der Waals surface area contributed by atoms with Crippen LogP contribution in [0.3, 0.4) is 0 Å². The van der Waals surface area contributed by atoms with E-state index in [2.05, 4.69) is 0 Å². The van der Waals surface area contributed by atoms with Gasteiger partial charge < -0.3 is 14.7 Å². The number of ether oxygens (including phenoxy) is 1. The van der Waals surface area contributed by atoms with E-state index in [9.17, 15) is 24.3 Å². The molecule has 1 atom stereocenters. The fourth-order valence-corrected chi connectivity index (χ4v) is 3.57. The number of rotatable bonds is 4. The van der Waals surface area contributed by atoms with Crippen molar-refractivity contribution in [3.05, 3.63) is 29.3 Å². The quantitative estimate of drug-likeness (QED) is 0.768. The van der Waals surface area contributed by atoms with Crippen LogP contribution >= 0.6 is 0 Å². The Bertz CT molecular complexity index is 816. The Morgan fingerprint density at radius 2 is 1.86 bits per heavy atom. The van der Waals surface area contributed by atoms with Crippen LogP contribution in [-0.4, -0.2) is 77.6 Å². The third-order valence-electron chi connectivity index (χ3n) is 5.10. The molecule has 0 aromatic heterocycles. The van der Waals surface area contributed by atoms with E-state index in [4.69, 9.17) is 4.74 Å². The molecule has 1 aromatic carbocycles. The molecule has 1 aromatic rings. The van der Waals surface area contributed by atoms with Crippen molar-refractivity contribution in [2.24, 2.45) is 0 Å². The van der Waals surface area contributed by atoms with E-state index in [0.717, 1.165) is 4.90 Å². The molecule has 2 aliphatic rings. The molecule has 1 N–H and O–H groups in total. The summed E-state index contributed by atoms with van der Waals surface area (Å²) in [5, 5.41) is 9.20. The average Bonchev–Trinajstić information content (AvgIpc) is 2.96. The maximum Gasteiger partial charge on any atom is 0.409 e. The maximum absolute atomic E-state index is 13.0. The summed E-state index contributed by atoms with van der Waals surface area (Å²) in [6.45, 7) is 5.54. The fraction of sp³-hybridized carbons (Fsp3) is 0.474. The van der Waals surface area contributed by atoms with Crippen LogP contribution in [-0.2, 0) is 14.3 Å². The molecule has 9 heteroatoms. The summed E-state index contributed by atoms with van der Waals surface area (Å²) in [6.07, 6.45) is -0.340. The third kappa shape index (κ3) is 3.70. The number of hydrogen-bond donors (Lipinski definition) is 1. The predicted molar refractivity (Wildman–Crippen MR) is 99.2 cm³/mol. The van der Waals surface area contributed by atoms with Crippen molar-refractivity contribution in [2.75, 3.05) is 37.7 Å². The minimum absolute atomic E-state index is 0.0210. The highest BCUT2D eigenvalue weighted by atomic mass is 16.6. The lowest BCUT2D eigenvalue weighted by Crippen LogP contribution is -2.54. The number of aromatic carboxylic acids is 1. The Morgan fingerprint density at radius 3 is 2.46 bits per heavy atom. The van der Waals surface area contributed by atoms with Gasteiger partial charge in [-0.15, -0.1) is 0 Å². The number of benzene rings is 1. The molecule has 28 heavy (non-hydrogen) atoms. The van der Waals surface area contributed by atoms with Gasteiger partial charge in [-0.05, 0) is 31.5 Å². The number of hydrogen-bond acceptors (Lipinski definition) is 6. The first kappa shape index (κ1) is 19.8. The molecule has 2 saturated heterocycles. The van der Waals surface area contributed by atoms with Gasteiger partial charge in [0.15, 0.2) is 0 Å². The maximum atomic E-state index is 13.0. The van der Waals surface area contributed by atoms with E-state index in [1.54, 1.807) is 24.8 Å². The lowest BCUT2D eigenvalue weighted by Gasteiger charge is -2.36. The monoisotopic (exact) mass is 389 g/mol. The molecule has 3 rings (SSSR count). The average molecular weight is 389 g/mol. The molecule has 0 radical (unpaired) electrons. The zero-order valence-electron chi connectivity index (χ0n) is 15.9. The molecular weight excluding hydrogens is 366 g/mol. The largest absolute Gasteiger partial charge is 0.478 e. The molecule has 0 aliphatic carbocycles. The summed E-state index contributed by atoms with van der Waals surface area (Å²) in [4.78, 5) is 53.2. The van der Waals surface area contributed by atoms with Gasteiger partial charge in [-0.1, -0.05) is 6.07 Å². The minimum Gasteiger partial charge on any atom is -0.478 e. The molecule has 0 unspecified atom stereocenters. The van der Waals surface area contributed by atoms with Crippen molar-refractivity contribution in [3.63, 3.8) is 0 Å². The second-order valence-electron chi connectivity index (χ2n) is 6.82. The third-order valence-corrected chi connectivity index (χ3v) is 5.10. The van der Waals surface area contributed by atoms with E-state index in [-0.39, 0.29) is 29.9 Å². The Morgan fingerprint density at radius 1 is 1.18 bits per heavy atom. The second-order valence-corrected chi connectivity index (χ2v) is 6.82. The van der Waals surface area contributed by atoms with Gasteiger partial charge in [0.2, 0.25) is 5.91 Å². The van der Waals surface area contributed by atoms with Crippen LogP contribution in [0.2, 0.25) is 0 Å². The number of carbonyl (C=O) groups is 4. The standard InChI is InChI=1S/C19H23N3O6/c1-3-28-19(27)21-8-6-20(7-9-21)15-11-16(23)22(17(15)24)14-10-13(18(25)26)5-4-12(14)2/h4-5,10,15H,3,6-9,11H2,1-2H3,(H,25,26)/t15-/m0/s1. The van der Waals surface area contributed by atoms with E-state index in [1.807, 2.05) is 4.90 Å². The Hall–Kier alpha value is -2.94. The van der Waals surface area contributed by atoms with E-state index >= 15 is 0 Å². The highest BCUT2D eigenvalue weighted by Gasteiger charge is 2.44. The number of amides is 3. The summed E-state index contributed by atoms with van der Waals surface area (Å²) < 4.78 is 4.99. The highest BCUT2D eigenvalue weighted by Crippen LogP contribution is 2.29. The second kappa shape index (κ2) is 7.97. The van der Waals surface area contributed by atoms with Crippen LogP contribution in [0.5, 0.6) is 0 Å². The number of carbonyl (C=O) groups excluding carboxylic acids is 3. The van der Waals surface area contributed by atoms with Crippen molar-refractivity contribution in [1.29, 1.82) is 0 Å². The van der Waals surface area contributed by atoms with Gasteiger partial charge in [0.05, 0.1) is 30.3 Å². The number of anilines is 1. The molecule has 9 nitrogen and oxygen atoms in total. The number of carboxylic acid groups (broad SMARTS) is 1. The Balaban J connectivity index is 1.74. The number of imide groups is 1. The first-order valence-corrected chi connectivity index (χ1v) is 9.20. The van der Waals surface area contributed by atoms with Gasteiger partial charge in [0.1, 0.15) is 0 Å². The summed E-state index contributed by atoms with van der Waals surface area (Å²) >= 11 is 0. The van der Waals surface area contributed by atoms with Crippen LogP contribution in [0.1, 0.15) is 29.3 Å². The molecule has 2 heterocycles. The fourth-order valence-electron chi connectivity index (χ4n) is 3.57. The molecule has 2 aliphatic heterocycles. The van der Waals surface area contributed by atoms with Crippen LogP contribution in [0, 0.1) is 6.92 Å². The number of aryl methyl sites for hydroxylation is 1. The van der Waals surface area contributed by atoms with Gasteiger partial charge in [-0.3, -0.25) is 14.5 Å². The van der Waals surface area contributed by atoms with E-state index < -0.39 is 12.0 Å². The summed E-state index contributed by atoms with van der Waals surface area (Å²) in [5.41, 5.74) is 0.981. The molecule has 0 saturated carbocycles. The summed E-state index contributed by atoms with van der Waals surface area (Å²) in [5.74, 6) is -1.83. The van der Waals surface area contributed by atoms with Crippen LogP contribution in [0.4, 0.5) is 10.5 Å². The lowest BCUT2D eigenvalue weighted by atomic mass is 10.1. The normalized spacial score (nSPS) is 20.6. The van der Waals surface area contributed by atoms with Crippen LogP contribution < -0.4 is 4.90 Å². The topological polar surface area (TPSA) is 107 Å². The highest BCUT2D eigenvalue weighted by molar-refractivity contribution is 6.23. The summed E-state index contributed by atoms with van der Waals surface area (Å²) in [6, 6.07) is 3.78. The van der Waals surface area contributed by atoms with Gasteiger partial charge in [-0.2, -0.15) is 0 Å². The number of piperazine rings is 1. The lowest BCUT2D eigenvalue weighted by molar-refractivity contribution is -0.123. The van der Waals surface area contributed by atoms with Gasteiger partial charge in [0.25, 0.3) is 5.91 Å². The van der Waals surface area contributed by atoms with E-state index in [1.165, 1.54) is 12.1 Å². The smallest absolute Gasteiger partial charge is 0.409 e. The van der Waals surface area contributed by atoms with Crippen molar-refractivity contribution < 1.29 is 29.0 Å². The van der Waals surface area contributed by atoms with Crippen molar-refractivity contribution in [3.8, 4) is 0 Å². The summed E-state index contributed by atoms with van der Waals surface area (Å²) in [7, 11) is 0. The molecular formula is C19H23N3O6. The van der Waals surface area contributed by atoms with Crippen LogP contribution in [0.15, 0.2) is 18.2 Å². The molecule has 3 amide bonds. The van der Waals surface area contributed by atoms with Crippen molar-refractivity contribution >= 4 is 29.6 Å². The van der Waals surface area contributed by atoms with E-state index in [0.29, 0.717) is 44.0 Å². The molecule has 0 bridgehead atoms.